The van der Waals surface area contributed by atoms with Gasteiger partial charge in [0.15, 0.2) is 0 Å². The summed E-state index contributed by atoms with van der Waals surface area (Å²) in [4.78, 5) is 6.11. The molecule has 0 N–H and O–H groups in total. The summed E-state index contributed by atoms with van der Waals surface area (Å²) < 4.78 is 0. The molecule has 1 aromatic rings. The molecular weight excluding hydrogens is 162 g/mol. The van der Waals surface area contributed by atoms with Gasteiger partial charge in [0.25, 0.3) is 0 Å². The Morgan fingerprint density at radius 1 is 1.62 bits per heavy atom. The molecule has 0 atom stereocenters. The summed E-state index contributed by atoms with van der Waals surface area (Å²) in [7, 11) is 1.97. The molecule has 1 aromatic heterocycles. The minimum absolute atomic E-state index is 0.634. The van der Waals surface area contributed by atoms with Crippen LogP contribution in [0.3, 0.4) is 0 Å². The Morgan fingerprint density at radius 2 is 2.31 bits per heavy atom. The molecule has 0 unspecified atom stereocenters. The van der Waals surface area contributed by atoms with Crippen molar-refractivity contribution in [2.45, 2.75) is 13.8 Å². The van der Waals surface area contributed by atoms with Crippen LogP contribution in [0.1, 0.15) is 18.2 Å². The van der Waals surface area contributed by atoms with Crippen LogP contribution in [0.5, 0.6) is 0 Å². The Hall–Kier alpha value is -1.56. The van der Waals surface area contributed by atoms with Crippen LogP contribution in [0.4, 0.5) is 5.69 Å². The molecule has 0 aliphatic carbocycles. The summed E-state index contributed by atoms with van der Waals surface area (Å²) in [5.74, 6) is 0. The Labute approximate surface area is 78.6 Å². The first-order chi connectivity index (χ1) is 6.19. The van der Waals surface area contributed by atoms with Crippen LogP contribution in [-0.2, 0) is 0 Å². The van der Waals surface area contributed by atoms with Gasteiger partial charge < -0.3 is 4.90 Å². The third-order valence-corrected chi connectivity index (χ3v) is 2.02. The van der Waals surface area contributed by atoms with E-state index in [1.807, 2.05) is 24.9 Å². The van der Waals surface area contributed by atoms with Crippen LogP contribution < -0.4 is 4.90 Å². The molecule has 0 fully saturated rings. The second-order valence-corrected chi connectivity index (χ2v) is 2.97. The lowest BCUT2D eigenvalue weighted by molar-refractivity contribution is 0.958. The SMILES string of the molecule is CCN(C)c1cc(C)ncc1C#N. The maximum Gasteiger partial charge on any atom is 0.103 e. The van der Waals surface area contributed by atoms with Gasteiger partial charge in [-0.15, -0.1) is 0 Å². The Balaban J connectivity index is 3.17. The highest BCUT2D eigenvalue weighted by Gasteiger charge is 2.05. The van der Waals surface area contributed by atoms with Gasteiger partial charge in [0.1, 0.15) is 6.07 Å². The van der Waals surface area contributed by atoms with Gasteiger partial charge in [-0.3, -0.25) is 4.98 Å². The molecule has 0 saturated heterocycles. The molecule has 1 heterocycles. The Bertz CT molecular complexity index is 339. The fourth-order valence-corrected chi connectivity index (χ4v) is 1.12. The first-order valence-electron chi connectivity index (χ1n) is 4.27. The lowest BCUT2D eigenvalue weighted by atomic mass is 10.2. The fraction of sp³-hybridized carbons (Fsp3) is 0.400. The third kappa shape index (κ3) is 1.97. The van der Waals surface area contributed by atoms with Crippen LogP contribution in [-0.4, -0.2) is 18.6 Å². The molecule has 0 spiro atoms. The molecule has 0 aliphatic rings. The second kappa shape index (κ2) is 3.90. The van der Waals surface area contributed by atoms with E-state index in [2.05, 4.69) is 18.0 Å². The van der Waals surface area contributed by atoms with Gasteiger partial charge in [0.2, 0.25) is 0 Å². The quantitative estimate of drug-likeness (QED) is 0.687. The van der Waals surface area contributed by atoms with Crippen molar-refractivity contribution in [1.82, 2.24) is 4.98 Å². The molecule has 0 aliphatic heterocycles. The number of nitriles is 1. The number of hydrogen-bond donors (Lipinski definition) is 0. The number of nitrogens with zero attached hydrogens (tertiary/aromatic N) is 3. The summed E-state index contributed by atoms with van der Waals surface area (Å²) >= 11 is 0. The number of pyridine rings is 1. The molecule has 0 amide bonds. The summed E-state index contributed by atoms with van der Waals surface area (Å²) in [6, 6.07) is 4.07. The molecule has 0 bridgehead atoms. The van der Waals surface area contributed by atoms with E-state index in [1.165, 1.54) is 0 Å². The standard InChI is InChI=1S/C10H13N3/c1-4-13(3)10-5-8(2)12-7-9(10)6-11/h5,7H,4H2,1-3H3. The van der Waals surface area contributed by atoms with Crippen molar-refractivity contribution >= 4 is 5.69 Å². The molecule has 0 saturated carbocycles. The molecule has 1 rings (SSSR count). The van der Waals surface area contributed by atoms with Gasteiger partial charge in [0, 0.05) is 25.5 Å². The van der Waals surface area contributed by atoms with Crippen LogP contribution in [0.2, 0.25) is 0 Å². The summed E-state index contributed by atoms with van der Waals surface area (Å²) in [5, 5.41) is 8.84. The van der Waals surface area contributed by atoms with Crippen molar-refractivity contribution in [2.24, 2.45) is 0 Å². The average molecular weight is 175 g/mol. The van der Waals surface area contributed by atoms with Gasteiger partial charge in [0.05, 0.1) is 11.3 Å². The zero-order valence-corrected chi connectivity index (χ0v) is 8.20. The predicted molar refractivity (Wildman–Crippen MR) is 52.6 cm³/mol. The first kappa shape index (κ1) is 9.53. The van der Waals surface area contributed by atoms with Crippen molar-refractivity contribution in [2.75, 3.05) is 18.5 Å². The molecule has 0 aromatic carbocycles. The monoisotopic (exact) mass is 175 g/mol. The smallest absolute Gasteiger partial charge is 0.103 e. The minimum atomic E-state index is 0.634. The highest BCUT2D eigenvalue weighted by atomic mass is 15.1. The molecule has 3 nitrogen and oxygen atoms in total. The van der Waals surface area contributed by atoms with Gasteiger partial charge in [-0.1, -0.05) is 0 Å². The van der Waals surface area contributed by atoms with Gasteiger partial charge in [-0.05, 0) is 19.9 Å². The lowest BCUT2D eigenvalue weighted by Gasteiger charge is -2.18. The van der Waals surface area contributed by atoms with Crippen molar-refractivity contribution in [3.8, 4) is 6.07 Å². The summed E-state index contributed by atoms with van der Waals surface area (Å²) in [5.41, 5.74) is 2.53. The molecule has 68 valence electrons. The molecule has 3 heteroatoms. The van der Waals surface area contributed by atoms with Crippen LogP contribution in [0.15, 0.2) is 12.3 Å². The largest absolute Gasteiger partial charge is 0.374 e. The fourth-order valence-electron chi connectivity index (χ4n) is 1.12. The number of hydrogen-bond acceptors (Lipinski definition) is 3. The van der Waals surface area contributed by atoms with E-state index < -0.39 is 0 Å². The van der Waals surface area contributed by atoms with Crippen molar-refractivity contribution in [3.05, 3.63) is 23.5 Å². The number of aromatic nitrogens is 1. The van der Waals surface area contributed by atoms with E-state index in [0.29, 0.717) is 5.56 Å². The maximum absolute atomic E-state index is 8.84. The van der Waals surface area contributed by atoms with Crippen molar-refractivity contribution in [3.63, 3.8) is 0 Å². The average Bonchev–Trinajstić information content (AvgIpc) is 2.16. The van der Waals surface area contributed by atoms with E-state index in [0.717, 1.165) is 17.9 Å². The van der Waals surface area contributed by atoms with E-state index >= 15 is 0 Å². The van der Waals surface area contributed by atoms with Gasteiger partial charge in [-0.2, -0.15) is 5.26 Å². The number of aryl methyl sites for hydroxylation is 1. The van der Waals surface area contributed by atoms with E-state index in [9.17, 15) is 0 Å². The Kier molecular flexibility index (Phi) is 2.86. The highest BCUT2D eigenvalue weighted by molar-refractivity contribution is 5.58. The minimum Gasteiger partial charge on any atom is -0.374 e. The summed E-state index contributed by atoms with van der Waals surface area (Å²) in [6.45, 7) is 4.86. The third-order valence-electron chi connectivity index (χ3n) is 2.02. The van der Waals surface area contributed by atoms with E-state index in [-0.39, 0.29) is 0 Å². The molecular formula is C10H13N3. The van der Waals surface area contributed by atoms with E-state index in [4.69, 9.17) is 5.26 Å². The second-order valence-electron chi connectivity index (χ2n) is 2.97. The lowest BCUT2D eigenvalue weighted by Crippen LogP contribution is -2.17. The van der Waals surface area contributed by atoms with Crippen LogP contribution >= 0.6 is 0 Å². The Morgan fingerprint density at radius 3 is 2.85 bits per heavy atom. The van der Waals surface area contributed by atoms with Gasteiger partial charge >= 0.3 is 0 Å². The van der Waals surface area contributed by atoms with Crippen molar-refractivity contribution in [1.29, 1.82) is 5.26 Å². The zero-order valence-electron chi connectivity index (χ0n) is 8.20. The predicted octanol–water partition coefficient (Wildman–Crippen LogP) is 1.72. The first-order valence-corrected chi connectivity index (χ1v) is 4.27. The molecule has 13 heavy (non-hydrogen) atoms. The summed E-state index contributed by atoms with van der Waals surface area (Å²) in [6.07, 6.45) is 1.62. The van der Waals surface area contributed by atoms with Crippen molar-refractivity contribution < 1.29 is 0 Å². The highest BCUT2D eigenvalue weighted by Crippen LogP contribution is 2.18. The van der Waals surface area contributed by atoms with E-state index in [1.54, 1.807) is 6.20 Å². The maximum atomic E-state index is 8.84. The zero-order chi connectivity index (χ0) is 9.84. The number of anilines is 1. The van der Waals surface area contributed by atoms with Crippen LogP contribution in [0.25, 0.3) is 0 Å². The topological polar surface area (TPSA) is 39.9 Å². The normalized spacial score (nSPS) is 9.38. The molecule has 0 radical (unpaired) electrons. The van der Waals surface area contributed by atoms with Gasteiger partial charge in [-0.25, -0.2) is 0 Å². The van der Waals surface area contributed by atoms with Crippen LogP contribution in [0, 0.1) is 18.3 Å². The number of rotatable bonds is 2.